The molecule has 0 N–H and O–H groups in total. The Morgan fingerprint density at radius 1 is 0.857 bits per heavy atom. The maximum absolute atomic E-state index is 2.28. The summed E-state index contributed by atoms with van der Waals surface area (Å²) in [6, 6.07) is 17.2. The van der Waals surface area contributed by atoms with Gasteiger partial charge in [0.15, 0.2) is 0 Å². The summed E-state index contributed by atoms with van der Waals surface area (Å²) < 4.78 is 2.26. The molecule has 0 aliphatic carbocycles. The van der Waals surface area contributed by atoms with Gasteiger partial charge in [-0.1, -0.05) is 62.6 Å². The fourth-order valence-electron chi connectivity index (χ4n) is 3.04. The van der Waals surface area contributed by atoms with E-state index in [-0.39, 0.29) is 0 Å². The van der Waals surface area contributed by atoms with E-state index in [4.69, 9.17) is 0 Å². The molecule has 0 fully saturated rings. The van der Waals surface area contributed by atoms with E-state index in [1.54, 1.807) is 0 Å². The van der Waals surface area contributed by atoms with Crippen LogP contribution in [-0.4, -0.2) is 4.40 Å². The Bertz CT molecular complexity index is 694. The maximum atomic E-state index is 2.28. The molecule has 0 atom stereocenters. The molecule has 0 spiro atoms. The molecule has 3 rings (SSSR count). The first-order chi connectivity index (χ1) is 10.4. The lowest BCUT2D eigenvalue weighted by Crippen LogP contribution is -1.89. The minimum Gasteiger partial charge on any atom is -0.323 e. The van der Waals surface area contributed by atoms with Crippen LogP contribution in [0.1, 0.15) is 38.2 Å². The summed E-state index contributed by atoms with van der Waals surface area (Å²) >= 11 is 0. The average Bonchev–Trinajstić information content (AvgIpc) is 2.91. The van der Waals surface area contributed by atoms with Gasteiger partial charge in [0.05, 0.1) is 0 Å². The summed E-state index contributed by atoms with van der Waals surface area (Å²) in [5.41, 5.74) is 5.57. The SMILES string of the molecule is CCCCCCc1c(-c2ccccc2)cn2ccccc12. The largest absolute Gasteiger partial charge is 0.323 e. The van der Waals surface area contributed by atoms with Crippen molar-refractivity contribution in [3.05, 3.63) is 66.5 Å². The minimum absolute atomic E-state index is 1.17. The summed E-state index contributed by atoms with van der Waals surface area (Å²) in [6.07, 6.45) is 10.8. The molecule has 0 saturated carbocycles. The molecular weight excluding hydrogens is 254 g/mol. The highest BCUT2D eigenvalue weighted by atomic mass is 14.9. The molecule has 0 unspecified atom stereocenters. The Kier molecular flexibility index (Phi) is 4.40. The third-order valence-corrected chi connectivity index (χ3v) is 4.16. The number of pyridine rings is 1. The molecule has 3 aromatic rings. The van der Waals surface area contributed by atoms with E-state index in [1.807, 2.05) is 0 Å². The number of unbranched alkanes of at least 4 members (excludes halogenated alkanes) is 3. The van der Waals surface area contributed by atoms with Gasteiger partial charge in [-0.25, -0.2) is 0 Å². The van der Waals surface area contributed by atoms with Gasteiger partial charge in [0, 0.05) is 23.5 Å². The summed E-state index contributed by atoms with van der Waals surface area (Å²) in [6.45, 7) is 2.27. The van der Waals surface area contributed by atoms with Crippen LogP contribution in [0.25, 0.3) is 16.6 Å². The smallest absolute Gasteiger partial charge is 0.0488 e. The topological polar surface area (TPSA) is 4.41 Å². The third kappa shape index (κ3) is 3.02. The zero-order valence-electron chi connectivity index (χ0n) is 12.8. The van der Waals surface area contributed by atoms with Gasteiger partial charge in [-0.3, -0.25) is 0 Å². The molecule has 2 heterocycles. The molecule has 0 amide bonds. The third-order valence-electron chi connectivity index (χ3n) is 4.16. The molecule has 0 bridgehead atoms. The number of nitrogens with zero attached hydrogens (tertiary/aromatic N) is 1. The van der Waals surface area contributed by atoms with Gasteiger partial charge in [-0.05, 0) is 36.1 Å². The molecule has 21 heavy (non-hydrogen) atoms. The molecule has 0 aliphatic rings. The summed E-state index contributed by atoms with van der Waals surface area (Å²) in [5, 5.41) is 0. The Morgan fingerprint density at radius 2 is 1.67 bits per heavy atom. The van der Waals surface area contributed by atoms with Gasteiger partial charge in [0.25, 0.3) is 0 Å². The summed E-state index contributed by atoms with van der Waals surface area (Å²) in [7, 11) is 0. The zero-order chi connectivity index (χ0) is 14.5. The first-order valence-corrected chi connectivity index (χ1v) is 8.04. The second-order valence-corrected chi connectivity index (χ2v) is 5.69. The lowest BCUT2D eigenvalue weighted by molar-refractivity contribution is 0.668. The summed E-state index contributed by atoms with van der Waals surface area (Å²) in [5.74, 6) is 0. The molecule has 2 aromatic heterocycles. The normalized spacial score (nSPS) is 11.1. The monoisotopic (exact) mass is 277 g/mol. The zero-order valence-corrected chi connectivity index (χ0v) is 12.8. The number of rotatable bonds is 6. The average molecular weight is 277 g/mol. The van der Waals surface area contributed by atoms with Crippen molar-refractivity contribution in [2.24, 2.45) is 0 Å². The lowest BCUT2D eigenvalue weighted by Gasteiger charge is -2.05. The van der Waals surface area contributed by atoms with Gasteiger partial charge in [0.1, 0.15) is 0 Å². The Labute approximate surface area is 127 Å². The number of benzene rings is 1. The van der Waals surface area contributed by atoms with E-state index in [1.165, 1.54) is 54.3 Å². The van der Waals surface area contributed by atoms with Crippen LogP contribution in [0, 0.1) is 0 Å². The van der Waals surface area contributed by atoms with E-state index >= 15 is 0 Å². The first kappa shape index (κ1) is 13.9. The van der Waals surface area contributed by atoms with Crippen molar-refractivity contribution in [2.45, 2.75) is 39.0 Å². The molecule has 0 aliphatic heterocycles. The molecule has 0 saturated heterocycles. The second kappa shape index (κ2) is 6.62. The van der Waals surface area contributed by atoms with Gasteiger partial charge in [0.2, 0.25) is 0 Å². The maximum Gasteiger partial charge on any atom is 0.0488 e. The lowest BCUT2D eigenvalue weighted by atomic mass is 9.99. The molecule has 0 radical (unpaired) electrons. The van der Waals surface area contributed by atoms with Crippen LogP contribution in [0.2, 0.25) is 0 Å². The van der Waals surface area contributed by atoms with Crippen molar-refractivity contribution in [3.63, 3.8) is 0 Å². The predicted molar refractivity (Wildman–Crippen MR) is 90.7 cm³/mol. The molecule has 1 nitrogen and oxygen atoms in total. The van der Waals surface area contributed by atoms with E-state index in [0.29, 0.717) is 0 Å². The van der Waals surface area contributed by atoms with Crippen molar-refractivity contribution in [3.8, 4) is 11.1 Å². The van der Waals surface area contributed by atoms with Crippen molar-refractivity contribution in [1.29, 1.82) is 0 Å². The van der Waals surface area contributed by atoms with Crippen molar-refractivity contribution >= 4 is 5.52 Å². The number of aromatic nitrogens is 1. The molecule has 1 heteroatoms. The number of hydrogen-bond donors (Lipinski definition) is 0. The predicted octanol–water partition coefficient (Wildman–Crippen LogP) is 5.73. The minimum atomic E-state index is 1.17. The van der Waals surface area contributed by atoms with E-state index in [0.717, 1.165) is 0 Å². The highest BCUT2D eigenvalue weighted by Gasteiger charge is 2.11. The van der Waals surface area contributed by atoms with Crippen LogP contribution >= 0.6 is 0 Å². The molecule has 1 aromatic carbocycles. The van der Waals surface area contributed by atoms with Crippen LogP contribution in [-0.2, 0) is 6.42 Å². The Morgan fingerprint density at radius 3 is 2.48 bits per heavy atom. The highest BCUT2D eigenvalue weighted by Crippen LogP contribution is 2.30. The molecule has 108 valence electrons. The van der Waals surface area contributed by atoms with Crippen LogP contribution < -0.4 is 0 Å². The number of fused-ring (bicyclic) bond motifs is 1. The van der Waals surface area contributed by atoms with Crippen LogP contribution in [0.3, 0.4) is 0 Å². The summed E-state index contributed by atoms with van der Waals surface area (Å²) in [4.78, 5) is 0. The number of aryl methyl sites for hydroxylation is 1. The second-order valence-electron chi connectivity index (χ2n) is 5.69. The van der Waals surface area contributed by atoms with E-state index in [2.05, 4.69) is 72.2 Å². The molecular formula is C20H23N. The van der Waals surface area contributed by atoms with E-state index < -0.39 is 0 Å². The van der Waals surface area contributed by atoms with Gasteiger partial charge in [-0.15, -0.1) is 0 Å². The van der Waals surface area contributed by atoms with Crippen molar-refractivity contribution in [2.75, 3.05) is 0 Å². The van der Waals surface area contributed by atoms with Gasteiger partial charge >= 0.3 is 0 Å². The Hall–Kier alpha value is -2.02. The number of hydrogen-bond acceptors (Lipinski definition) is 0. The standard InChI is InChI=1S/C20H23N/c1-2-3-4-8-13-18-19(17-11-6-5-7-12-17)16-21-15-10-9-14-20(18)21/h5-7,9-12,14-16H,2-4,8,13H2,1H3. The first-order valence-electron chi connectivity index (χ1n) is 8.04. The fourth-order valence-corrected chi connectivity index (χ4v) is 3.04. The quantitative estimate of drug-likeness (QED) is 0.507. The van der Waals surface area contributed by atoms with Crippen LogP contribution in [0.15, 0.2) is 60.9 Å². The highest BCUT2D eigenvalue weighted by molar-refractivity contribution is 5.76. The van der Waals surface area contributed by atoms with Crippen LogP contribution in [0.4, 0.5) is 0 Å². The van der Waals surface area contributed by atoms with E-state index in [9.17, 15) is 0 Å². The van der Waals surface area contributed by atoms with Crippen LogP contribution in [0.5, 0.6) is 0 Å². The van der Waals surface area contributed by atoms with Crippen molar-refractivity contribution < 1.29 is 0 Å². The van der Waals surface area contributed by atoms with Gasteiger partial charge in [-0.2, -0.15) is 0 Å². The fraction of sp³-hybridized carbons (Fsp3) is 0.300. The van der Waals surface area contributed by atoms with Gasteiger partial charge < -0.3 is 4.40 Å². The van der Waals surface area contributed by atoms with Crippen molar-refractivity contribution in [1.82, 2.24) is 4.40 Å². The Balaban J connectivity index is 1.98.